The Hall–Kier alpha value is -2.68. The average molecular weight is 348 g/mol. The zero-order chi connectivity index (χ0) is 16.8. The molecule has 0 spiro atoms. The highest BCUT2D eigenvalue weighted by atomic mass is 35.5. The number of benzene rings is 2. The monoisotopic (exact) mass is 347 g/mol. The van der Waals surface area contributed by atoms with E-state index < -0.39 is 5.91 Å². The molecule has 116 valence electrons. The van der Waals surface area contributed by atoms with Crippen molar-refractivity contribution in [3.63, 3.8) is 0 Å². The molecule has 0 saturated heterocycles. The van der Waals surface area contributed by atoms with Gasteiger partial charge in [-0.15, -0.1) is 0 Å². The van der Waals surface area contributed by atoms with Gasteiger partial charge in [0.25, 0.3) is 5.91 Å². The Labute approximate surface area is 142 Å². The molecule has 2 aromatic carbocycles. The number of carbonyl (C=O) groups is 1. The van der Waals surface area contributed by atoms with Gasteiger partial charge in [-0.25, -0.2) is 0 Å². The number of nitrogens with zero attached hydrogens (tertiary/aromatic N) is 1. The van der Waals surface area contributed by atoms with Gasteiger partial charge in [-0.3, -0.25) is 4.79 Å². The van der Waals surface area contributed by atoms with Crippen LogP contribution in [0.15, 0.2) is 54.2 Å². The molecule has 1 amide bonds. The number of aromatic hydroxyl groups is 1. The Balaban J connectivity index is 2.16. The maximum absolute atomic E-state index is 12.1. The van der Waals surface area contributed by atoms with E-state index in [0.717, 1.165) is 0 Å². The van der Waals surface area contributed by atoms with Crippen molar-refractivity contribution in [1.29, 1.82) is 5.26 Å². The van der Waals surface area contributed by atoms with Crippen molar-refractivity contribution in [1.82, 2.24) is 0 Å². The average Bonchev–Trinajstić information content (AvgIpc) is 2.53. The molecule has 3 N–H and O–H groups in total. The molecule has 0 aromatic heterocycles. The molecule has 2 rings (SSSR count). The number of para-hydroxylation sites is 2. The summed E-state index contributed by atoms with van der Waals surface area (Å²) in [5.74, 6) is -0.761. The Kier molecular flexibility index (Phi) is 5.47. The van der Waals surface area contributed by atoms with Crippen LogP contribution in [-0.2, 0) is 4.79 Å². The normalized spacial score (nSPS) is 10.7. The molecule has 5 nitrogen and oxygen atoms in total. The standard InChI is InChI=1S/C16H11Cl2N3O2/c17-11-5-6-12(18)14(7-11)20-9-10(8-19)16(23)21-13-3-1-2-4-15(13)22/h1-7,9,20,22H,(H,21,23)/b10-9-. The van der Waals surface area contributed by atoms with Crippen LogP contribution in [0, 0.1) is 11.3 Å². The van der Waals surface area contributed by atoms with E-state index in [2.05, 4.69) is 10.6 Å². The molecule has 0 aliphatic rings. The van der Waals surface area contributed by atoms with E-state index in [9.17, 15) is 9.90 Å². The Morgan fingerprint density at radius 2 is 1.91 bits per heavy atom. The highest BCUT2D eigenvalue weighted by Gasteiger charge is 2.11. The topological polar surface area (TPSA) is 85.2 Å². The molecular weight excluding hydrogens is 337 g/mol. The van der Waals surface area contributed by atoms with Crippen LogP contribution < -0.4 is 10.6 Å². The maximum atomic E-state index is 12.1. The van der Waals surface area contributed by atoms with Gasteiger partial charge in [0.15, 0.2) is 0 Å². The van der Waals surface area contributed by atoms with Crippen LogP contribution in [0.25, 0.3) is 0 Å². The van der Waals surface area contributed by atoms with Gasteiger partial charge < -0.3 is 15.7 Å². The van der Waals surface area contributed by atoms with Gasteiger partial charge in [-0.1, -0.05) is 35.3 Å². The number of halogens is 2. The van der Waals surface area contributed by atoms with Crippen LogP contribution in [0.5, 0.6) is 5.75 Å². The first kappa shape index (κ1) is 16.7. The van der Waals surface area contributed by atoms with Gasteiger partial charge in [0, 0.05) is 11.2 Å². The Bertz CT molecular complexity index is 813. The van der Waals surface area contributed by atoms with Crippen molar-refractivity contribution >= 4 is 40.5 Å². The molecule has 0 bridgehead atoms. The van der Waals surface area contributed by atoms with Gasteiger partial charge >= 0.3 is 0 Å². The predicted octanol–water partition coefficient (Wildman–Crippen LogP) is 4.16. The largest absolute Gasteiger partial charge is 0.506 e. The highest BCUT2D eigenvalue weighted by molar-refractivity contribution is 6.35. The third kappa shape index (κ3) is 4.39. The second-order valence-electron chi connectivity index (χ2n) is 4.41. The number of hydrogen-bond donors (Lipinski definition) is 3. The van der Waals surface area contributed by atoms with E-state index in [4.69, 9.17) is 28.5 Å². The van der Waals surface area contributed by atoms with Crippen LogP contribution >= 0.6 is 23.2 Å². The van der Waals surface area contributed by atoms with Gasteiger partial charge in [-0.2, -0.15) is 5.26 Å². The zero-order valence-corrected chi connectivity index (χ0v) is 13.2. The molecule has 0 aliphatic heterocycles. The minimum atomic E-state index is -0.667. The molecule has 0 aliphatic carbocycles. The third-order valence-electron chi connectivity index (χ3n) is 2.82. The molecule has 0 unspecified atom stereocenters. The van der Waals surface area contributed by atoms with Crippen molar-refractivity contribution in [2.45, 2.75) is 0 Å². The molecule has 0 saturated carbocycles. The van der Waals surface area contributed by atoms with Crippen molar-refractivity contribution in [2.24, 2.45) is 0 Å². The summed E-state index contributed by atoms with van der Waals surface area (Å²) in [7, 11) is 0. The van der Waals surface area contributed by atoms with Crippen LogP contribution in [0.1, 0.15) is 0 Å². The minimum absolute atomic E-state index is 0.0935. The van der Waals surface area contributed by atoms with Gasteiger partial charge in [-0.05, 0) is 30.3 Å². The van der Waals surface area contributed by atoms with E-state index in [1.54, 1.807) is 36.4 Å². The number of rotatable bonds is 4. The van der Waals surface area contributed by atoms with Crippen molar-refractivity contribution in [2.75, 3.05) is 10.6 Å². The van der Waals surface area contributed by atoms with Gasteiger partial charge in [0.05, 0.1) is 16.4 Å². The number of carbonyl (C=O) groups excluding carboxylic acids is 1. The number of nitriles is 1. The lowest BCUT2D eigenvalue weighted by Crippen LogP contribution is -2.14. The summed E-state index contributed by atoms with van der Waals surface area (Å²) in [4.78, 5) is 12.1. The summed E-state index contributed by atoms with van der Waals surface area (Å²) >= 11 is 11.8. The van der Waals surface area contributed by atoms with Crippen molar-refractivity contribution in [3.8, 4) is 11.8 Å². The van der Waals surface area contributed by atoms with E-state index >= 15 is 0 Å². The first-order chi connectivity index (χ1) is 11.0. The van der Waals surface area contributed by atoms with Crippen LogP contribution in [0.4, 0.5) is 11.4 Å². The lowest BCUT2D eigenvalue weighted by atomic mass is 10.2. The lowest BCUT2D eigenvalue weighted by Gasteiger charge is -2.07. The second-order valence-corrected chi connectivity index (χ2v) is 5.25. The summed E-state index contributed by atoms with van der Waals surface area (Å²) in [6.45, 7) is 0. The predicted molar refractivity (Wildman–Crippen MR) is 90.5 cm³/mol. The smallest absolute Gasteiger partial charge is 0.267 e. The molecule has 2 aromatic rings. The molecule has 0 atom stereocenters. The minimum Gasteiger partial charge on any atom is -0.506 e. The van der Waals surface area contributed by atoms with E-state index in [1.165, 1.54) is 18.3 Å². The Morgan fingerprint density at radius 1 is 1.17 bits per heavy atom. The summed E-state index contributed by atoms with van der Waals surface area (Å²) in [5.41, 5.74) is 0.478. The SMILES string of the molecule is N#C/C(=C/Nc1cc(Cl)ccc1Cl)C(=O)Nc1ccccc1O. The number of anilines is 2. The van der Waals surface area contributed by atoms with E-state index in [1.807, 2.05) is 0 Å². The quantitative estimate of drug-likeness (QED) is 0.440. The number of hydrogen-bond acceptors (Lipinski definition) is 4. The molecular formula is C16H11Cl2N3O2. The number of phenols is 1. The number of phenolic OH excluding ortho intramolecular Hbond substituents is 1. The molecule has 0 fully saturated rings. The molecule has 0 radical (unpaired) electrons. The van der Waals surface area contributed by atoms with E-state index in [0.29, 0.717) is 15.7 Å². The lowest BCUT2D eigenvalue weighted by molar-refractivity contribution is -0.112. The van der Waals surface area contributed by atoms with E-state index in [-0.39, 0.29) is 17.0 Å². The second kappa shape index (κ2) is 7.54. The first-order valence-electron chi connectivity index (χ1n) is 6.42. The fraction of sp³-hybridized carbons (Fsp3) is 0. The third-order valence-corrected chi connectivity index (χ3v) is 3.38. The Morgan fingerprint density at radius 3 is 2.61 bits per heavy atom. The molecule has 23 heavy (non-hydrogen) atoms. The molecule has 7 heteroatoms. The summed E-state index contributed by atoms with van der Waals surface area (Å²) < 4.78 is 0. The zero-order valence-electron chi connectivity index (χ0n) is 11.7. The van der Waals surface area contributed by atoms with Crippen molar-refractivity contribution in [3.05, 3.63) is 64.3 Å². The van der Waals surface area contributed by atoms with Crippen LogP contribution in [0.3, 0.4) is 0 Å². The van der Waals surface area contributed by atoms with Crippen LogP contribution in [0.2, 0.25) is 10.0 Å². The van der Waals surface area contributed by atoms with Gasteiger partial charge in [0.2, 0.25) is 0 Å². The fourth-order valence-corrected chi connectivity index (χ4v) is 2.02. The number of nitrogens with one attached hydrogen (secondary N) is 2. The fourth-order valence-electron chi connectivity index (χ4n) is 1.68. The van der Waals surface area contributed by atoms with Crippen LogP contribution in [-0.4, -0.2) is 11.0 Å². The number of amides is 1. The summed E-state index contributed by atoms with van der Waals surface area (Å²) in [5, 5.41) is 24.8. The summed E-state index contributed by atoms with van der Waals surface area (Å²) in [6.07, 6.45) is 1.22. The van der Waals surface area contributed by atoms with Crippen molar-refractivity contribution < 1.29 is 9.90 Å². The highest BCUT2D eigenvalue weighted by Crippen LogP contribution is 2.26. The van der Waals surface area contributed by atoms with Gasteiger partial charge in [0.1, 0.15) is 17.4 Å². The summed E-state index contributed by atoms with van der Waals surface area (Å²) in [6, 6.07) is 12.8. The first-order valence-corrected chi connectivity index (χ1v) is 7.18. The maximum Gasteiger partial charge on any atom is 0.267 e. The molecule has 0 heterocycles.